The molecule has 0 unspecified atom stereocenters. The first kappa shape index (κ1) is 14.1. The Bertz CT molecular complexity index is 622. The highest BCUT2D eigenvalue weighted by atomic mass is 32.1. The molecule has 3 heteroatoms. The summed E-state index contributed by atoms with van der Waals surface area (Å²) in [6.45, 7) is 4.85. The molecule has 0 fully saturated rings. The lowest BCUT2D eigenvalue weighted by Gasteiger charge is -2.21. The number of benzene rings is 1. The summed E-state index contributed by atoms with van der Waals surface area (Å²) in [5, 5.41) is 2.13. The lowest BCUT2D eigenvalue weighted by Crippen LogP contribution is -2.21. The first-order valence-electron chi connectivity index (χ1n) is 7.12. The van der Waals surface area contributed by atoms with E-state index < -0.39 is 0 Å². The number of hydrogen-bond acceptors (Lipinski definition) is 3. The summed E-state index contributed by atoms with van der Waals surface area (Å²) >= 11 is 1.81. The van der Waals surface area contributed by atoms with E-state index in [1.807, 2.05) is 12.1 Å². The zero-order valence-corrected chi connectivity index (χ0v) is 13.0. The maximum absolute atomic E-state index is 5.51. The van der Waals surface area contributed by atoms with Gasteiger partial charge in [-0.05, 0) is 36.1 Å². The van der Waals surface area contributed by atoms with Gasteiger partial charge < -0.3 is 4.42 Å². The standard InChI is InChI=1S/C18H19NOS/c1-15-5-2-6-16(11-15)12-19(13-17-7-3-9-20-17)14-18-8-4-10-21-18/h2-11H,12-14H2,1H3. The molecule has 0 spiro atoms. The third-order valence-electron chi connectivity index (χ3n) is 3.41. The van der Waals surface area contributed by atoms with Crippen molar-refractivity contribution in [2.24, 2.45) is 0 Å². The van der Waals surface area contributed by atoms with E-state index >= 15 is 0 Å². The molecule has 0 radical (unpaired) electrons. The van der Waals surface area contributed by atoms with Crippen molar-refractivity contribution in [3.05, 3.63) is 81.9 Å². The molecule has 0 atom stereocenters. The maximum atomic E-state index is 5.51. The Labute approximate surface area is 129 Å². The van der Waals surface area contributed by atoms with Crippen molar-refractivity contribution in [1.29, 1.82) is 0 Å². The average molecular weight is 297 g/mol. The third-order valence-corrected chi connectivity index (χ3v) is 4.27. The van der Waals surface area contributed by atoms with Crippen molar-refractivity contribution in [2.75, 3.05) is 0 Å². The van der Waals surface area contributed by atoms with Crippen molar-refractivity contribution in [2.45, 2.75) is 26.6 Å². The van der Waals surface area contributed by atoms with E-state index in [9.17, 15) is 0 Å². The quantitative estimate of drug-likeness (QED) is 0.646. The summed E-state index contributed by atoms with van der Waals surface area (Å²) in [5.74, 6) is 1.01. The van der Waals surface area contributed by atoms with Crippen molar-refractivity contribution >= 4 is 11.3 Å². The number of thiophene rings is 1. The van der Waals surface area contributed by atoms with Gasteiger partial charge in [-0.25, -0.2) is 0 Å². The molecule has 2 nitrogen and oxygen atoms in total. The van der Waals surface area contributed by atoms with Crippen molar-refractivity contribution in [1.82, 2.24) is 4.90 Å². The van der Waals surface area contributed by atoms with E-state index in [1.54, 1.807) is 17.6 Å². The van der Waals surface area contributed by atoms with Gasteiger partial charge in [0.05, 0.1) is 12.8 Å². The Morgan fingerprint density at radius 1 is 1.00 bits per heavy atom. The summed E-state index contributed by atoms with van der Waals surface area (Å²) < 4.78 is 5.51. The van der Waals surface area contributed by atoms with Crippen LogP contribution in [0.1, 0.15) is 21.8 Å². The predicted octanol–water partition coefficient (Wildman–Crippen LogP) is 4.85. The smallest absolute Gasteiger partial charge is 0.117 e. The van der Waals surface area contributed by atoms with Gasteiger partial charge in [0.1, 0.15) is 5.76 Å². The molecule has 0 amide bonds. The molecular formula is C18H19NOS. The number of nitrogens with zero attached hydrogens (tertiary/aromatic N) is 1. The fourth-order valence-corrected chi connectivity index (χ4v) is 3.23. The fourth-order valence-electron chi connectivity index (χ4n) is 2.48. The van der Waals surface area contributed by atoms with E-state index in [1.165, 1.54) is 16.0 Å². The molecule has 0 bridgehead atoms. The molecule has 108 valence electrons. The van der Waals surface area contributed by atoms with Crippen LogP contribution < -0.4 is 0 Å². The highest BCUT2D eigenvalue weighted by Gasteiger charge is 2.10. The number of hydrogen-bond donors (Lipinski definition) is 0. The largest absolute Gasteiger partial charge is 0.468 e. The van der Waals surface area contributed by atoms with Crippen LogP contribution in [0.4, 0.5) is 0 Å². The lowest BCUT2D eigenvalue weighted by molar-refractivity contribution is 0.229. The predicted molar refractivity (Wildman–Crippen MR) is 87.2 cm³/mol. The number of rotatable bonds is 6. The van der Waals surface area contributed by atoms with Gasteiger partial charge >= 0.3 is 0 Å². The van der Waals surface area contributed by atoms with E-state index in [4.69, 9.17) is 4.42 Å². The van der Waals surface area contributed by atoms with Gasteiger partial charge in [0.2, 0.25) is 0 Å². The van der Waals surface area contributed by atoms with E-state index in [0.29, 0.717) is 0 Å². The zero-order valence-electron chi connectivity index (χ0n) is 12.2. The van der Waals surface area contributed by atoms with Crippen LogP contribution in [0.5, 0.6) is 0 Å². The van der Waals surface area contributed by atoms with Gasteiger partial charge in [-0.1, -0.05) is 35.9 Å². The van der Waals surface area contributed by atoms with Gasteiger partial charge in [0.25, 0.3) is 0 Å². The minimum atomic E-state index is 0.832. The molecule has 0 aliphatic carbocycles. The zero-order chi connectivity index (χ0) is 14.5. The Kier molecular flexibility index (Phi) is 4.53. The van der Waals surface area contributed by atoms with Crippen LogP contribution in [-0.2, 0) is 19.6 Å². The van der Waals surface area contributed by atoms with Gasteiger partial charge in [-0.3, -0.25) is 4.90 Å². The Morgan fingerprint density at radius 2 is 1.95 bits per heavy atom. The third kappa shape index (κ3) is 4.06. The summed E-state index contributed by atoms with van der Waals surface area (Å²) in [6.07, 6.45) is 1.74. The summed E-state index contributed by atoms with van der Waals surface area (Å²) in [6, 6.07) is 17.0. The molecule has 3 aromatic rings. The minimum absolute atomic E-state index is 0.832. The van der Waals surface area contributed by atoms with Gasteiger partial charge in [-0.15, -0.1) is 11.3 Å². The molecule has 0 saturated heterocycles. The SMILES string of the molecule is Cc1cccc(CN(Cc2ccco2)Cc2cccs2)c1. The normalized spacial score (nSPS) is 11.1. The highest BCUT2D eigenvalue weighted by molar-refractivity contribution is 7.09. The molecule has 2 heterocycles. The summed E-state index contributed by atoms with van der Waals surface area (Å²) in [5.41, 5.74) is 2.65. The van der Waals surface area contributed by atoms with Crippen LogP contribution >= 0.6 is 11.3 Å². The molecule has 1 aromatic carbocycles. The summed E-state index contributed by atoms with van der Waals surface area (Å²) in [4.78, 5) is 3.80. The van der Waals surface area contributed by atoms with Gasteiger partial charge in [-0.2, -0.15) is 0 Å². The maximum Gasteiger partial charge on any atom is 0.117 e. The van der Waals surface area contributed by atoms with Crippen LogP contribution in [0.15, 0.2) is 64.6 Å². The van der Waals surface area contributed by atoms with E-state index in [-0.39, 0.29) is 0 Å². The molecule has 21 heavy (non-hydrogen) atoms. The minimum Gasteiger partial charge on any atom is -0.468 e. The first-order chi connectivity index (χ1) is 10.3. The molecule has 0 N–H and O–H groups in total. The van der Waals surface area contributed by atoms with Gasteiger partial charge in [0, 0.05) is 18.0 Å². The molecule has 2 aromatic heterocycles. The van der Waals surface area contributed by atoms with E-state index in [2.05, 4.69) is 53.6 Å². The Balaban J connectivity index is 1.74. The van der Waals surface area contributed by atoms with Crippen LogP contribution in [0, 0.1) is 6.92 Å². The molecule has 3 rings (SSSR count). The monoisotopic (exact) mass is 297 g/mol. The molecule has 0 saturated carbocycles. The first-order valence-corrected chi connectivity index (χ1v) is 8.00. The number of furan rings is 1. The lowest BCUT2D eigenvalue weighted by atomic mass is 10.1. The molecule has 0 aliphatic heterocycles. The van der Waals surface area contributed by atoms with Crippen molar-refractivity contribution in [3.63, 3.8) is 0 Å². The van der Waals surface area contributed by atoms with Crippen LogP contribution in [0.3, 0.4) is 0 Å². The average Bonchev–Trinajstić information content (AvgIpc) is 3.12. The van der Waals surface area contributed by atoms with Crippen molar-refractivity contribution < 1.29 is 4.42 Å². The Hall–Kier alpha value is -1.84. The fraction of sp³-hybridized carbons (Fsp3) is 0.222. The van der Waals surface area contributed by atoms with E-state index in [0.717, 1.165) is 25.4 Å². The second-order valence-corrected chi connectivity index (χ2v) is 6.33. The van der Waals surface area contributed by atoms with Crippen LogP contribution in [0.25, 0.3) is 0 Å². The Morgan fingerprint density at radius 3 is 2.67 bits per heavy atom. The number of aryl methyl sites for hydroxylation is 1. The topological polar surface area (TPSA) is 16.4 Å². The van der Waals surface area contributed by atoms with Crippen molar-refractivity contribution in [3.8, 4) is 0 Å². The van der Waals surface area contributed by atoms with Gasteiger partial charge in [0.15, 0.2) is 0 Å². The highest BCUT2D eigenvalue weighted by Crippen LogP contribution is 2.17. The second kappa shape index (κ2) is 6.74. The molecular weight excluding hydrogens is 278 g/mol. The molecule has 0 aliphatic rings. The second-order valence-electron chi connectivity index (χ2n) is 5.29. The van der Waals surface area contributed by atoms with Crippen LogP contribution in [-0.4, -0.2) is 4.90 Å². The summed E-state index contributed by atoms with van der Waals surface area (Å²) in [7, 11) is 0. The van der Waals surface area contributed by atoms with Crippen LogP contribution in [0.2, 0.25) is 0 Å².